The molecule has 0 aromatic heterocycles. The van der Waals surface area contributed by atoms with Crippen LogP contribution in [0.4, 0.5) is 0 Å². The Morgan fingerprint density at radius 1 is 0.829 bits per heavy atom. The van der Waals surface area contributed by atoms with Crippen LogP contribution in [-0.4, -0.2) is 49.6 Å². The lowest BCUT2D eigenvalue weighted by Gasteiger charge is -2.47. The van der Waals surface area contributed by atoms with Gasteiger partial charge in [-0.1, -0.05) is 106 Å². The fourth-order valence-electron chi connectivity index (χ4n) is 5.48. The highest BCUT2D eigenvalue weighted by atomic mass is 28.4. The summed E-state index contributed by atoms with van der Waals surface area (Å²) >= 11 is 0. The zero-order valence-corrected chi connectivity index (χ0v) is 22.4. The molecule has 1 fully saturated rings. The predicted octanol–water partition coefficient (Wildman–Crippen LogP) is 3.47. The topological polar surface area (TPSA) is 52.9 Å². The zero-order chi connectivity index (χ0) is 25.1. The van der Waals surface area contributed by atoms with Gasteiger partial charge in [0.15, 0.2) is 0 Å². The van der Waals surface area contributed by atoms with Gasteiger partial charge in [0.05, 0.1) is 0 Å². The normalized spacial score (nSPS) is 16.7. The number of hydrogen-bond donors (Lipinski definition) is 2. The largest absolute Gasteiger partial charge is 0.488 e. The lowest BCUT2D eigenvalue weighted by molar-refractivity contribution is 0.0736. The van der Waals surface area contributed by atoms with Gasteiger partial charge in [-0.15, -0.1) is 0 Å². The fraction of sp³-hybridized carbons (Fsp3) is 0.379. The Balaban J connectivity index is 1.54. The third-order valence-corrected chi connectivity index (χ3v) is 12.6. The van der Waals surface area contributed by atoms with Gasteiger partial charge in [0.2, 0.25) is 0 Å². The zero-order valence-electron chi connectivity index (χ0n) is 21.4. The van der Waals surface area contributed by atoms with Crippen molar-refractivity contribution in [3.63, 3.8) is 0 Å². The van der Waals surface area contributed by atoms with Gasteiger partial charge in [0, 0.05) is 25.2 Å². The van der Waals surface area contributed by atoms with Crippen LogP contribution >= 0.6 is 0 Å². The van der Waals surface area contributed by atoms with Crippen molar-refractivity contribution in [3.05, 3.63) is 90.5 Å². The van der Waals surface area contributed by atoms with E-state index < -0.39 is 15.4 Å². The van der Waals surface area contributed by atoms with Crippen LogP contribution in [0.5, 0.6) is 0 Å². The second-order valence-corrected chi connectivity index (χ2v) is 15.0. The average Bonchev–Trinajstić information content (AvgIpc) is 2.87. The van der Waals surface area contributed by atoms with Crippen LogP contribution in [-0.2, 0) is 4.43 Å². The molecule has 1 unspecified atom stereocenters. The van der Waals surface area contributed by atoms with Crippen LogP contribution in [0.3, 0.4) is 0 Å². The van der Waals surface area contributed by atoms with Crippen LogP contribution < -0.4 is 15.8 Å². The van der Waals surface area contributed by atoms with Gasteiger partial charge in [0.25, 0.3) is 8.32 Å². The van der Waals surface area contributed by atoms with Crippen LogP contribution in [0, 0.1) is 0 Å². The van der Waals surface area contributed by atoms with Gasteiger partial charge in [-0.05, 0) is 46.2 Å². The first-order valence-electron chi connectivity index (χ1n) is 12.7. The molecule has 1 saturated heterocycles. The van der Waals surface area contributed by atoms with E-state index in [1.807, 2.05) is 12.1 Å². The molecule has 0 aliphatic carbocycles. The van der Waals surface area contributed by atoms with Gasteiger partial charge in [0.1, 0.15) is 0 Å². The first-order valence-corrected chi connectivity index (χ1v) is 14.6. The molecule has 4 rings (SSSR count). The molecule has 1 aliphatic heterocycles. The van der Waals surface area contributed by atoms with E-state index in [0.29, 0.717) is 5.46 Å². The molecular formula is C29H38BNO3Si. The molecule has 0 spiro atoms. The number of nitrogens with zero attached hydrogens (tertiary/aromatic N) is 1. The van der Waals surface area contributed by atoms with Crippen LogP contribution in [0.1, 0.15) is 52.1 Å². The average molecular weight is 488 g/mol. The number of hydrogen-bond acceptors (Lipinski definition) is 4. The molecule has 2 N–H and O–H groups in total. The van der Waals surface area contributed by atoms with Crippen molar-refractivity contribution >= 4 is 31.3 Å². The molecule has 0 saturated carbocycles. The van der Waals surface area contributed by atoms with Gasteiger partial charge in [-0.2, -0.15) is 0 Å². The van der Waals surface area contributed by atoms with Crippen molar-refractivity contribution in [2.24, 2.45) is 0 Å². The summed E-state index contributed by atoms with van der Waals surface area (Å²) in [5.74, 6) is 0. The Bertz CT molecular complexity index is 1020. The maximum Gasteiger partial charge on any atom is 0.488 e. The maximum absolute atomic E-state index is 9.38. The smallest absolute Gasteiger partial charge is 0.423 e. The quantitative estimate of drug-likeness (QED) is 0.502. The highest BCUT2D eigenvalue weighted by molar-refractivity contribution is 6.99. The van der Waals surface area contributed by atoms with E-state index in [0.717, 1.165) is 25.9 Å². The Morgan fingerprint density at radius 2 is 1.31 bits per heavy atom. The molecule has 4 nitrogen and oxygen atoms in total. The van der Waals surface area contributed by atoms with Crippen LogP contribution in [0.15, 0.2) is 84.9 Å². The molecule has 0 amide bonds. The maximum atomic E-state index is 9.38. The summed E-state index contributed by atoms with van der Waals surface area (Å²) in [6.45, 7) is 11.2. The first-order chi connectivity index (χ1) is 16.7. The molecule has 3 aromatic carbocycles. The molecule has 1 aliphatic rings. The third-order valence-electron chi connectivity index (χ3n) is 7.50. The summed E-state index contributed by atoms with van der Waals surface area (Å²) in [6, 6.07) is 29.6. The molecule has 35 heavy (non-hydrogen) atoms. The molecule has 184 valence electrons. The predicted molar refractivity (Wildman–Crippen MR) is 148 cm³/mol. The molecule has 6 heteroatoms. The highest BCUT2D eigenvalue weighted by Crippen LogP contribution is 2.39. The highest BCUT2D eigenvalue weighted by Gasteiger charge is 2.51. The van der Waals surface area contributed by atoms with Gasteiger partial charge < -0.3 is 14.5 Å². The minimum Gasteiger partial charge on any atom is -0.423 e. The Kier molecular flexibility index (Phi) is 7.99. The van der Waals surface area contributed by atoms with Crippen molar-refractivity contribution in [1.29, 1.82) is 0 Å². The summed E-state index contributed by atoms with van der Waals surface area (Å²) in [6.07, 6.45) is 2.22. The van der Waals surface area contributed by atoms with E-state index in [1.165, 1.54) is 15.9 Å². The molecule has 0 radical (unpaired) electrons. The monoisotopic (exact) mass is 487 g/mol. The molecule has 3 aromatic rings. The van der Waals surface area contributed by atoms with Crippen molar-refractivity contribution in [2.45, 2.75) is 57.7 Å². The lowest BCUT2D eigenvalue weighted by atomic mass is 9.80. The number of rotatable bonds is 7. The van der Waals surface area contributed by atoms with Gasteiger partial charge in [-0.3, -0.25) is 4.90 Å². The van der Waals surface area contributed by atoms with Crippen molar-refractivity contribution < 1.29 is 14.5 Å². The summed E-state index contributed by atoms with van der Waals surface area (Å²) in [5.41, 5.74) is 1.72. The lowest BCUT2D eigenvalue weighted by Crippen LogP contribution is -2.68. The standard InChI is InChI=1S/C29H38BNO3Si/c1-23(24-15-17-25(18-16-24)30(32)33)31-21-19-26(20-22-31)34-35(29(2,3)4,27-11-7-5-8-12-27)28-13-9-6-10-14-28/h5-18,23,26,32-33H,19-22H2,1-4H3. The van der Waals surface area contributed by atoms with Crippen LogP contribution in [0.2, 0.25) is 5.04 Å². The second-order valence-electron chi connectivity index (χ2n) is 10.7. The molecule has 1 heterocycles. The second kappa shape index (κ2) is 10.8. The summed E-state index contributed by atoms with van der Waals surface area (Å²) in [4.78, 5) is 2.51. The Hall–Kier alpha value is -2.22. The minimum absolute atomic E-state index is 0.0147. The first kappa shape index (κ1) is 25.9. The fourth-order valence-corrected chi connectivity index (χ4v) is 10.2. The molecular weight excluding hydrogens is 449 g/mol. The van der Waals surface area contributed by atoms with E-state index in [-0.39, 0.29) is 17.2 Å². The number of benzene rings is 3. The van der Waals surface area contributed by atoms with E-state index >= 15 is 0 Å². The minimum atomic E-state index is -2.53. The van der Waals surface area contributed by atoms with E-state index in [4.69, 9.17) is 4.43 Å². The molecule has 0 bridgehead atoms. The third kappa shape index (κ3) is 5.47. The summed E-state index contributed by atoms with van der Waals surface area (Å²) in [5, 5.41) is 21.4. The number of piperidine rings is 1. The van der Waals surface area contributed by atoms with Gasteiger partial charge >= 0.3 is 7.12 Å². The SMILES string of the molecule is CC(c1ccc(B(O)O)cc1)N1CCC(O[Si](c2ccccc2)(c2ccccc2)C(C)(C)C)CC1. The number of likely N-dealkylation sites (tertiary alicyclic amines) is 1. The molecule has 1 atom stereocenters. The van der Waals surface area contributed by atoms with Crippen molar-refractivity contribution in [2.75, 3.05) is 13.1 Å². The Labute approximate surface area is 211 Å². The summed E-state index contributed by atoms with van der Waals surface area (Å²) < 4.78 is 7.35. The van der Waals surface area contributed by atoms with E-state index in [9.17, 15) is 10.0 Å². The van der Waals surface area contributed by atoms with E-state index in [1.54, 1.807) is 12.1 Å². The Morgan fingerprint density at radius 3 is 1.74 bits per heavy atom. The van der Waals surface area contributed by atoms with Crippen molar-refractivity contribution in [3.8, 4) is 0 Å². The summed E-state index contributed by atoms with van der Waals surface area (Å²) in [7, 11) is -3.96. The van der Waals surface area contributed by atoms with E-state index in [2.05, 4.69) is 93.3 Å². The van der Waals surface area contributed by atoms with Crippen molar-refractivity contribution in [1.82, 2.24) is 4.90 Å². The van der Waals surface area contributed by atoms with Gasteiger partial charge in [-0.25, -0.2) is 0 Å². The van der Waals surface area contributed by atoms with Crippen LogP contribution in [0.25, 0.3) is 0 Å².